The summed E-state index contributed by atoms with van der Waals surface area (Å²) in [5, 5.41) is 25.0. The Balaban J connectivity index is 1.16. The summed E-state index contributed by atoms with van der Waals surface area (Å²) >= 11 is 0. The Bertz CT molecular complexity index is 4780. The van der Waals surface area contributed by atoms with E-state index in [0.29, 0.717) is 34.3 Å². The minimum Gasteiger partial charge on any atom is -0.309 e. The molecule has 8 nitrogen and oxygen atoms in total. The number of aromatic nitrogens is 5. The highest BCUT2D eigenvalue weighted by Crippen LogP contribution is 2.45. The van der Waals surface area contributed by atoms with E-state index in [1.54, 1.807) is 0 Å². The van der Waals surface area contributed by atoms with E-state index in [2.05, 4.69) is 218 Å². The van der Waals surface area contributed by atoms with E-state index in [1.807, 2.05) is 97.1 Å². The van der Waals surface area contributed by atoms with E-state index < -0.39 is 0 Å². The molecule has 0 N–H and O–H groups in total. The summed E-state index contributed by atoms with van der Waals surface area (Å²) in [6.45, 7) is 35.2. The standard InChI is InChI=1S/C82H70N8/c1-79(2,3)58-30-36-70-64(44-58)65-45-59(80(4,5)6)31-37-71(65)89(70)74-34-28-55(53-20-16-18-50(40-53)48-83)42-68(74)77-86-76(52-26-24-51(25-27-52)63-23-15-14-19-57(63)49-84)87-78(88-77)69-43-56(54-21-17-22-62(41-54)85-13)29-35-75(69)90-72-38-32-60(81(7,8)9)46-66(72)67-47-61(82(10,11)12)33-39-73(67)90/h14-47H,1-12H3. The van der Waals surface area contributed by atoms with Gasteiger partial charge in [-0.25, -0.2) is 19.8 Å². The Kier molecular flexibility index (Phi) is 14.2. The van der Waals surface area contributed by atoms with Crippen molar-refractivity contribution in [2.75, 3.05) is 0 Å². The van der Waals surface area contributed by atoms with Crippen molar-refractivity contribution in [3.05, 3.63) is 251 Å². The second-order valence-electron chi connectivity index (χ2n) is 28.0. The van der Waals surface area contributed by atoms with Crippen LogP contribution in [0.5, 0.6) is 0 Å². The van der Waals surface area contributed by atoms with Gasteiger partial charge in [0.25, 0.3) is 0 Å². The monoisotopic (exact) mass is 1170 g/mol. The number of nitriles is 2. The fraction of sp³-hybridized carbons (Fsp3) is 0.195. The van der Waals surface area contributed by atoms with Crippen LogP contribution in [0.1, 0.15) is 116 Å². The first-order chi connectivity index (χ1) is 43.0. The van der Waals surface area contributed by atoms with Gasteiger partial charge >= 0.3 is 0 Å². The number of benzene rings is 10. The highest BCUT2D eigenvalue weighted by Gasteiger charge is 2.28. The Morgan fingerprint density at radius 1 is 0.344 bits per heavy atom. The first kappa shape index (κ1) is 58.3. The third-order valence-electron chi connectivity index (χ3n) is 17.7. The molecular formula is C82H70N8. The molecule has 3 heterocycles. The van der Waals surface area contributed by atoms with Crippen LogP contribution in [0.4, 0.5) is 5.69 Å². The molecule has 8 heteroatoms. The van der Waals surface area contributed by atoms with Crippen LogP contribution < -0.4 is 0 Å². The molecule has 0 aliphatic heterocycles. The van der Waals surface area contributed by atoms with Crippen molar-refractivity contribution in [3.8, 4) is 91.1 Å². The molecule has 0 unspecified atom stereocenters. The second-order valence-corrected chi connectivity index (χ2v) is 28.0. The minimum absolute atomic E-state index is 0.107. The van der Waals surface area contributed by atoms with E-state index in [0.717, 1.165) is 105 Å². The second kappa shape index (κ2) is 21.8. The Hall–Kier alpha value is -10.7. The van der Waals surface area contributed by atoms with Gasteiger partial charge in [0.15, 0.2) is 23.2 Å². The predicted octanol–water partition coefficient (Wildman–Crippen LogP) is 21.6. The van der Waals surface area contributed by atoms with E-state index >= 15 is 0 Å². The van der Waals surface area contributed by atoms with Gasteiger partial charge in [-0.2, -0.15) is 10.5 Å². The first-order valence-electron chi connectivity index (χ1n) is 30.8. The highest BCUT2D eigenvalue weighted by molar-refractivity contribution is 6.12. The van der Waals surface area contributed by atoms with Gasteiger partial charge in [0.2, 0.25) is 0 Å². The Morgan fingerprint density at radius 2 is 0.733 bits per heavy atom. The van der Waals surface area contributed by atoms with E-state index in [1.165, 1.54) is 22.3 Å². The van der Waals surface area contributed by atoms with Crippen molar-refractivity contribution in [2.45, 2.75) is 105 Å². The fourth-order valence-corrected chi connectivity index (χ4v) is 12.5. The molecule has 0 radical (unpaired) electrons. The lowest BCUT2D eigenvalue weighted by Crippen LogP contribution is -2.10. The lowest BCUT2D eigenvalue weighted by molar-refractivity contribution is 0.590. The van der Waals surface area contributed by atoms with Gasteiger partial charge in [0.05, 0.1) is 63.3 Å². The molecular weight excluding hydrogens is 1100 g/mol. The summed E-state index contributed by atoms with van der Waals surface area (Å²) in [6, 6.07) is 76.5. The van der Waals surface area contributed by atoms with Crippen LogP contribution in [0.25, 0.3) is 127 Å². The predicted molar refractivity (Wildman–Crippen MR) is 372 cm³/mol. The molecule has 13 aromatic rings. The van der Waals surface area contributed by atoms with Gasteiger partial charge in [-0.15, -0.1) is 0 Å². The zero-order valence-electron chi connectivity index (χ0n) is 53.2. The van der Waals surface area contributed by atoms with E-state index in [4.69, 9.17) is 21.5 Å². The van der Waals surface area contributed by atoms with Crippen LogP contribution in [0, 0.1) is 29.2 Å². The quantitative estimate of drug-likeness (QED) is 0.141. The summed E-state index contributed by atoms with van der Waals surface area (Å²) in [4.78, 5) is 20.9. The molecule has 0 saturated heterocycles. The van der Waals surface area contributed by atoms with Gasteiger partial charge in [-0.1, -0.05) is 192 Å². The number of hydrogen-bond acceptors (Lipinski definition) is 5. The zero-order chi connectivity index (χ0) is 63.2. The van der Waals surface area contributed by atoms with Gasteiger partial charge < -0.3 is 9.13 Å². The average molecular weight is 1170 g/mol. The SMILES string of the molecule is [C-]#[N+]c1cccc(-c2ccc(-n3c4ccc(C(C)(C)C)cc4c4cc(C(C)(C)C)ccc43)c(-c3nc(-c4ccc(-c5ccccc5C#N)cc4)nc(-c4cc(-c5cccc(C#N)c5)ccc4-n4c5ccc(C(C)(C)C)cc5c5cc(C(C)(C)C)ccc54)n3)c2)c1. The number of nitrogens with zero attached hydrogens (tertiary/aromatic N) is 8. The molecule has 13 rings (SSSR count). The van der Waals surface area contributed by atoms with E-state index in [-0.39, 0.29) is 21.7 Å². The number of hydrogen-bond donors (Lipinski definition) is 0. The molecule has 0 atom stereocenters. The Morgan fingerprint density at radius 3 is 1.16 bits per heavy atom. The Labute approximate surface area is 527 Å². The van der Waals surface area contributed by atoms with Gasteiger partial charge in [0, 0.05) is 38.2 Å². The van der Waals surface area contributed by atoms with Gasteiger partial charge in [-0.3, -0.25) is 0 Å². The van der Waals surface area contributed by atoms with Crippen LogP contribution in [-0.2, 0) is 21.7 Å². The molecule has 0 bridgehead atoms. The summed E-state index contributed by atoms with van der Waals surface area (Å²) in [5.41, 5.74) is 19.6. The molecule has 0 aliphatic rings. The topological polar surface area (TPSA) is 100 Å². The molecule has 0 aliphatic carbocycles. The zero-order valence-corrected chi connectivity index (χ0v) is 53.2. The highest BCUT2D eigenvalue weighted by atomic mass is 15.1. The molecule has 0 spiro atoms. The number of rotatable bonds is 8. The normalized spacial score (nSPS) is 12.2. The average Bonchev–Trinajstić information content (AvgIpc) is 1.54. The van der Waals surface area contributed by atoms with Crippen molar-refractivity contribution in [1.29, 1.82) is 10.5 Å². The van der Waals surface area contributed by atoms with Crippen LogP contribution in [0.3, 0.4) is 0 Å². The maximum absolute atomic E-state index is 10.2. The molecule has 10 aromatic carbocycles. The molecule has 3 aromatic heterocycles. The van der Waals surface area contributed by atoms with Crippen LogP contribution in [0.2, 0.25) is 0 Å². The minimum atomic E-state index is -0.107. The smallest absolute Gasteiger partial charge is 0.187 e. The third-order valence-corrected chi connectivity index (χ3v) is 17.7. The largest absolute Gasteiger partial charge is 0.309 e. The molecule has 438 valence electrons. The molecule has 0 saturated carbocycles. The van der Waals surface area contributed by atoms with Crippen molar-refractivity contribution in [3.63, 3.8) is 0 Å². The molecule has 0 amide bonds. The van der Waals surface area contributed by atoms with Crippen LogP contribution in [0.15, 0.2) is 206 Å². The lowest BCUT2D eigenvalue weighted by atomic mass is 9.85. The van der Waals surface area contributed by atoms with Crippen molar-refractivity contribution in [2.24, 2.45) is 0 Å². The summed E-state index contributed by atoms with van der Waals surface area (Å²) in [5.74, 6) is 1.32. The lowest BCUT2D eigenvalue weighted by Gasteiger charge is -2.20. The number of fused-ring (bicyclic) bond motifs is 6. The third kappa shape index (κ3) is 10.6. The fourth-order valence-electron chi connectivity index (χ4n) is 12.5. The summed E-state index contributed by atoms with van der Waals surface area (Å²) in [6.07, 6.45) is 0. The summed E-state index contributed by atoms with van der Waals surface area (Å²) < 4.78 is 4.73. The maximum Gasteiger partial charge on any atom is 0.187 e. The van der Waals surface area contributed by atoms with Crippen molar-refractivity contribution >= 4 is 49.3 Å². The summed E-state index contributed by atoms with van der Waals surface area (Å²) in [7, 11) is 0. The van der Waals surface area contributed by atoms with Crippen molar-refractivity contribution in [1.82, 2.24) is 24.1 Å². The van der Waals surface area contributed by atoms with Gasteiger partial charge in [0.1, 0.15) is 0 Å². The van der Waals surface area contributed by atoms with Gasteiger partial charge in [-0.05, 0) is 174 Å². The first-order valence-corrected chi connectivity index (χ1v) is 30.8. The van der Waals surface area contributed by atoms with Crippen molar-refractivity contribution < 1.29 is 0 Å². The maximum atomic E-state index is 10.2. The van der Waals surface area contributed by atoms with E-state index in [9.17, 15) is 10.5 Å². The molecule has 90 heavy (non-hydrogen) atoms. The van der Waals surface area contributed by atoms with Crippen LogP contribution >= 0.6 is 0 Å². The molecule has 0 fully saturated rings. The van der Waals surface area contributed by atoms with Crippen LogP contribution in [-0.4, -0.2) is 24.1 Å².